The topological polar surface area (TPSA) is 71.3 Å². The molecule has 2 amide bonds. The van der Waals surface area contributed by atoms with E-state index in [-0.39, 0.29) is 11.8 Å². The summed E-state index contributed by atoms with van der Waals surface area (Å²) in [5.41, 5.74) is 2.73. The van der Waals surface area contributed by atoms with Gasteiger partial charge in [-0.25, -0.2) is 0 Å². The van der Waals surface area contributed by atoms with Crippen molar-refractivity contribution in [3.8, 4) is 0 Å². The van der Waals surface area contributed by atoms with Gasteiger partial charge in [0.05, 0.1) is 10.7 Å². The Balaban J connectivity index is 1.77. The molecule has 3 rings (SSSR count). The Bertz CT molecular complexity index is 1040. The number of para-hydroxylation sites is 1. The molecule has 1 aromatic heterocycles. The van der Waals surface area contributed by atoms with Crippen molar-refractivity contribution in [1.82, 2.24) is 0 Å². The molecule has 0 spiro atoms. The molecule has 2 aromatic carbocycles. The highest BCUT2D eigenvalue weighted by molar-refractivity contribution is 6.34. The second kappa shape index (κ2) is 8.10. The van der Waals surface area contributed by atoms with Crippen molar-refractivity contribution in [3.63, 3.8) is 0 Å². The second-order valence-corrected chi connectivity index (χ2v) is 6.39. The Labute approximate surface area is 162 Å². The van der Waals surface area contributed by atoms with Crippen molar-refractivity contribution in [2.75, 3.05) is 10.6 Å². The number of anilines is 2. The Morgan fingerprint density at radius 3 is 2.63 bits per heavy atom. The van der Waals surface area contributed by atoms with Gasteiger partial charge in [-0.1, -0.05) is 36.7 Å². The zero-order chi connectivity index (χ0) is 19.4. The van der Waals surface area contributed by atoms with Crippen LogP contribution in [0.2, 0.25) is 5.02 Å². The van der Waals surface area contributed by atoms with Crippen LogP contribution in [0.25, 0.3) is 17.0 Å². The minimum Gasteiger partial charge on any atom is -0.460 e. The molecule has 0 aliphatic carbocycles. The summed E-state index contributed by atoms with van der Waals surface area (Å²) in [5, 5.41) is 6.68. The van der Waals surface area contributed by atoms with Gasteiger partial charge in [0.15, 0.2) is 0 Å². The number of amides is 2. The average molecular weight is 383 g/mol. The quantitative estimate of drug-likeness (QED) is 0.591. The van der Waals surface area contributed by atoms with Gasteiger partial charge in [0.25, 0.3) is 0 Å². The SMILES string of the molecule is CCc1oc2ccccc2c1/C=C/C(=O)Nc1ccc(NC(C)=O)cc1Cl. The van der Waals surface area contributed by atoms with Gasteiger partial charge >= 0.3 is 0 Å². The smallest absolute Gasteiger partial charge is 0.248 e. The van der Waals surface area contributed by atoms with Crippen LogP contribution in [0.3, 0.4) is 0 Å². The van der Waals surface area contributed by atoms with E-state index in [1.807, 2.05) is 31.2 Å². The van der Waals surface area contributed by atoms with Gasteiger partial charge in [0.2, 0.25) is 11.8 Å². The first-order chi connectivity index (χ1) is 13.0. The third-order valence-electron chi connectivity index (χ3n) is 3.98. The predicted molar refractivity (Wildman–Crippen MR) is 109 cm³/mol. The van der Waals surface area contributed by atoms with Crippen LogP contribution < -0.4 is 10.6 Å². The summed E-state index contributed by atoms with van der Waals surface area (Å²) in [6, 6.07) is 12.6. The molecule has 138 valence electrons. The summed E-state index contributed by atoms with van der Waals surface area (Å²) in [6.07, 6.45) is 3.93. The summed E-state index contributed by atoms with van der Waals surface area (Å²) >= 11 is 6.18. The Morgan fingerprint density at radius 2 is 1.93 bits per heavy atom. The molecule has 1 heterocycles. The molecule has 0 fully saturated rings. The van der Waals surface area contributed by atoms with Gasteiger partial charge in [-0.3, -0.25) is 9.59 Å². The predicted octanol–water partition coefficient (Wildman–Crippen LogP) is 5.26. The number of hydrogen-bond donors (Lipinski definition) is 2. The maximum atomic E-state index is 12.3. The molecular formula is C21H19ClN2O3. The summed E-state index contributed by atoms with van der Waals surface area (Å²) in [7, 11) is 0. The maximum absolute atomic E-state index is 12.3. The first-order valence-corrected chi connectivity index (χ1v) is 8.92. The van der Waals surface area contributed by atoms with Crippen molar-refractivity contribution < 1.29 is 14.0 Å². The van der Waals surface area contributed by atoms with Crippen molar-refractivity contribution in [3.05, 3.63) is 64.9 Å². The van der Waals surface area contributed by atoms with Crippen LogP contribution >= 0.6 is 11.6 Å². The molecule has 6 heteroatoms. The molecule has 0 bridgehead atoms. The van der Waals surface area contributed by atoms with Gasteiger partial charge in [0, 0.05) is 36.1 Å². The number of hydrogen-bond acceptors (Lipinski definition) is 3. The molecular weight excluding hydrogens is 364 g/mol. The lowest BCUT2D eigenvalue weighted by Gasteiger charge is -2.08. The fraction of sp³-hybridized carbons (Fsp3) is 0.143. The van der Waals surface area contributed by atoms with Crippen LogP contribution in [0, 0.1) is 0 Å². The van der Waals surface area contributed by atoms with E-state index in [0.29, 0.717) is 16.4 Å². The van der Waals surface area contributed by atoms with E-state index >= 15 is 0 Å². The van der Waals surface area contributed by atoms with E-state index in [1.54, 1.807) is 24.3 Å². The molecule has 5 nitrogen and oxygen atoms in total. The summed E-state index contributed by atoms with van der Waals surface area (Å²) < 4.78 is 5.82. The van der Waals surface area contributed by atoms with E-state index in [9.17, 15) is 9.59 Å². The molecule has 0 radical (unpaired) electrons. The zero-order valence-corrected chi connectivity index (χ0v) is 15.8. The first kappa shape index (κ1) is 18.7. The highest BCUT2D eigenvalue weighted by Gasteiger charge is 2.11. The van der Waals surface area contributed by atoms with Crippen LogP contribution in [-0.2, 0) is 16.0 Å². The third-order valence-corrected chi connectivity index (χ3v) is 4.29. The van der Waals surface area contributed by atoms with Crippen molar-refractivity contribution in [2.24, 2.45) is 0 Å². The number of benzene rings is 2. The summed E-state index contributed by atoms with van der Waals surface area (Å²) in [4.78, 5) is 23.4. The standard InChI is InChI=1S/C21H19ClN2O3/c1-3-19-16(15-6-4-5-7-20(15)27-19)9-11-21(26)24-18-10-8-14(12-17(18)22)23-13(2)25/h4-12H,3H2,1-2H3,(H,23,25)(H,24,26)/b11-9+. The summed E-state index contributed by atoms with van der Waals surface area (Å²) in [5.74, 6) is 0.333. The fourth-order valence-electron chi connectivity index (χ4n) is 2.79. The van der Waals surface area contributed by atoms with E-state index in [1.165, 1.54) is 13.0 Å². The number of carbonyl (C=O) groups excluding carboxylic acids is 2. The minimum atomic E-state index is -0.309. The first-order valence-electron chi connectivity index (χ1n) is 8.54. The van der Waals surface area contributed by atoms with Crippen LogP contribution in [0.4, 0.5) is 11.4 Å². The Morgan fingerprint density at radius 1 is 1.15 bits per heavy atom. The molecule has 0 unspecified atom stereocenters. The van der Waals surface area contributed by atoms with E-state index < -0.39 is 0 Å². The van der Waals surface area contributed by atoms with E-state index in [2.05, 4.69) is 10.6 Å². The number of furan rings is 1. The molecule has 0 saturated carbocycles. The Hall–Kier alpha value is -3.05. The number of aryl methyl sites for hydroxylation is 1. The van der Waals surface area contributed by atoms with Gasteiger partial charge in [0.1, 0.15) is 11.3 Å². The lowest BCUT2D eigenvalue weighted by molar-refractivity contribution is -0.114. The van der Waals surface area contributed by atoms with Crippen molar-refractivity contribution in [2.45, 2.75) is 20.3 Å². The largest absolute Gasteiger partial charge is 0.460 e. The third kappa shape index (κ3) is 4.38. The van der Waals surface area contributed by atoms with E-state index in [4.69, 9.17) is 16.0 Å². The Kier molecular flexibility index (Phi) is 5.62. The molecule has 2 N–H and O–H groups in total. The van der Waals surface area contributed by atoms with Crippen LogP contribution in [0.15, 0.2) is 53.0 Å². The summed E-state index contributed by atoms with van der Waals surface area (Å²) in [6.45, 7) is 3.42. The van der Waals surface area contributed by atoms with Gasteiger partial charge in [-0.05, 0) is 30.3 Å². The number of carbonyl (C=O) groups is 2. The lowest BCUT2D eigenvalue weighted by atomic mass is 10.1. The number of nitrogens with one attached hydrogen (secondary N) is 2. The van der Waals surface area contributed by atoms with Crippen LogP contribution in [0.5, 0.6) is 0 Å². The maximum Gasteiger partial charge on any atom is 0.248 e. The zero-order valence-electron chi connectivity index (χ0n) is 15.0. The van der Waals surface area contributed by atoms with Gasteiger partial charge < -0.3 is 15.1 Å². The second-order valence-electron chi connectivity index (χ2n) is 5.99. The monoisotopic (exact) mass is 382 g/mol. The normalized spacial score (nSPS) is 11.1. The highest BCUT2D eigenvalue weighted by Crippen LogP contribution is 2.28. The van der Waals surface area contributed by atoms with Crippen molar-refractivity contribution >= 4 is 51.8 Å². The van der Waals surface area contributed by atoms with Crippen LogP contribution in [-0.4, -0.2) is 11.8 Å². The number of fused-ring (bicyclic) bond motifs is 1. The molecule has 0 saturated heterocycles. The molecule has 0 aliphatic heterocycles. The van der Waals surface area contributed by atoms with Crippen molar-refractivity contribution in [1.29, 1.82) is 0 Å². The molecule has 0 aliphatic rings. The minimum absolute atomic E-state index is 0.190. The molecule has 3 aromatic rings. The van der Waals surface area contributed by atoms with E-state index in [0.717, 1.165) is 28.7 Å². The van der Waals surface area contributed by atoms with Gasteiger partial charge in [-0.15, -0.1) is 0 Å². The lowest BCUT2D eigenvalue weighted by Crippen LogP contribution is -2.09. The number of rotatable bonds is 5. The molecule has 27 heavy (non-hydrogen) atoms. The molecule has 0 atom stereocenters. The van der Waals surface area contributed by atoms with Crippen LogP contribution in [0.1, 0.15) is 25.2 Å². The van der Waals surface area contributed by atoms with Gasteiger partial charge in [-0.2, -0.15) is 0 Å². The fourth-order valence-corrected chi connectivity index (χ4v) is 3.02. The number of halogens is 1. The average Bonchev–Trinajstić information content (AvgIpc) is 2.99. The highest BCUT2D eigenvalue weighted by atomic mass is 35.5.